The molecule has 1 atom stereocenters. The molecule has 1 aliphatic carbocycles. The van der Waals surface area contributed by atoms with Crippen LogP contribution < -0.4 is 10.5 Å². The molecule has 2 aromatic rings. The number of aromatic nitrogens is 2. The largest absolute Gasteiger partial charge is 0.494 e. The van der Waals surface area contributed by atoms with Crippen LogP contribution in [0.3, 0.4) is 0 Å². The number of anilines is 1. The summed E-state index contributed by atoms with van der Waals surface area (Å²) in [6.07, 6.45) is 8.48. The Hall–Kier alpha value is -2.01. The highest BCUT2D eigenvalue weighted by Crippen LogP contribution is 2.49. The Labute approximate surface area is 130 Å². The molecule has 5 nitrogen and oxygen atoms in total. The second-order valence-electron chi connectivity index (χ2n) is 6.32. The van der Waals surface area contributed by atoms with Gasteiger partial charge in [0.15, 0.2) is 0 Å². The lowest BCUT2D eigenvalue weighted by Gasteiger charge is -2.29. The van der Waals surface area contributed by atoms with Crippen LogP contribution in [0.5, 0.6) is 5.75 Å². The minimum absolute atomic E-state index is 0.157. The van der Waals surface area contributed by atoms with Gasteiger partial charge < -0.3 is 15.2 Å². The number of nitrogen functional groups attached to an aromatic ring is 1. The van der Waals surface area contributed by atoms with Crippen LogP contribution in [0.1, 0.15) is 31.7 Å². The lowest BCUT2D eigenvalue weighted by atomic mass is 10.0. The van der Waals surface area contributed by atoms with E-state index in [1.807, 2.05) is 24.4 Å². The molecule has 1 unspecified atom stereocenters. The monoisotopic (exact) mass is 299 g/mol. The average molecular weight is 299 g/mol. The molecule has 5 heteroatoms. The van der Waals surface area contributed by atoms with Crippen LogP contribution in [-0.2, 0) is 4.74 Å². The van der Waals surface area contributed by atoms with Gasteiger partial charge >= 0.3 is 0 Å². The summed E-state index contributed by atoms with van der Waals surface area (Å²) < 4.78 is 13.4. The molecule has 2 heterocycles. The zero-order chi connectivity index (χ0) is 15.2. The minimum Gasteiger partial charge on any atom is -0.494 e. The van der Waals surface area contributed by atoms with E-state index in [9.17, 15) is 0 Å². The summed E-state index contributed by atoms with van der Waals surface area (Å²) in [6, 6.07) is 6.24. The molecule has 2 N–H and O–H groups in total. The first-order valence-electron chi connectivity index (χ1n) is 7.82. The Balaban J connectivity index is 1.63. The summed E-state index contributed by atoms with van der Waals surface area (Å²) in [5.74, 6) is 0.715. The Kier molecular flexibility index (Phi) is 3.11. The molecule has 1 saturated carbocycles. The van der Waals surface area contributed by atoms with Crippen LogP contribution in [-0.4, -0.2) is 29.1 Å². The standard InChI is InChI=1S/C17H21N3O2/c1-21-16-14(3-2-4-15(16)18)12-10-19-20(11-12)13-5-8-22-17(9-13)6-7-17/h2-4,10-11,13H,5-9,18H2,1H3. The lowest BCUT2D eigenvalue weighted by molar-refractivity contribution is -0.0269. The number of nitrogens with zero attached hydrogens (tertiary/aromatic N) is 2. The van der Waals surface area contributed by atoms with E-state index in [4.69, 9.17) is 15.2 Å². The molecule has 0 bridgehead atoms. The van der Waals surface area contributed by atoms with Gasteiger partial charge in [0, 0.05) is 23.9 Å². The summed E-state index contributed by atoms with van der Waals surface area (Å²) in [4.78, 5) is 0. The Morgan fingerprint density at radius 1 is 1.41 bits per heavy atom. The SMILES string of the molecule is COc1c(N)cccc1-c1cnn(C2CCOC3(CC3)C2)c1. The molecule has 1 saturated heterocycles. The molecular formula is C17H21N3O2. The summed E-state index contributed by atoms with van der Waals surface area (Å²) in [5.41, 5.74) is 8.83. The topological polar surface area (TPSA) is 62.3 Å². The third-order valence-electron chi connectivity index (χ3n) is 4.81. The molecule has 2 aliphatic rings. The number of nitrogens with two attached hydrogens (primary N) is 1. The number of benzene rings is 1. The van der Waals surface area contributed by atoms with Gasteiger partial charge in [-0.15, -0.1) is 0 Å². The normalized spacial score (nSPS) is 22.7. The summed E-state index contributed by atoms with van der Waals surface area (Å²) in [5, 5.41) is 4.58. The molecule has 1 spiro atoms. The fourth-order valence-electron chi connectivity index (χ4n) is 3.40. The Bertz CT molecular complexity index is 691. The zero-order valence-electron chi connectivity index (χ0n) is 12.8. The second kappa shape index (κ2) is 5.02. The third-order valence-corrected chi connectivity index (χ3v) is 4.81. The minimum atomic E-state index is 0.157. The van der Waals surface area contributed by atoms with E-state index >= 15 is 0 Å². The van der Waals surface area contributed by atoms with Crippen molar-refractivity contribution in [2.45, 2.75) is 37.3 Å². The predicted molar refractivity (Wildman–Crippen MR) is 84.8 cm³/mol. The number of hydrogen-bond donors (Lipinski definition) is 1. The number of hydrogen-bond acceptors (Lipinski definition) is 4. The molecule has 1 aliphatic heterocycles. The smallest absolute Gasteiger partial charge is 0.149 e. The molecule has 1 aromatic carbocycles. The summed E-state index contributed by atoms with van der Waals surface area (Å²) in [6.45, 7) is 0.835. The predicted octanol–water partition coefficient (Wildman–Crippen LogP) is 3.03. The molecule has 116 valence electrons. The van der Waals surface area contributed by atoms with Gasteiger partial charge in [-0.2, -0.15) is 5.10 Å². The zero-order valence-corrected chi connectivity index (χ0v) is 12.8. The van der Waals surface area contributed by atoms with Crippen molar-refractivity contribution in [2.24, 2.45) is 0 Å². The van der Waals surface area contributed by atoms with Crippen LogP contribution in [0.2, 0.25) is 0 Å². The first-order valence-corrected chi connectivity index (χ1v) is 7.82. The van der Waals surface area contributed by atoms with E-state index < -0.39 is 0 Å². The van der Waals surface area contributed by atoms with Crippen molar-refractivity contribution in [3.63, 3.8) is 0 Å². The Morgan fingerprint density at radius 2 is 2.27 bits per heavy atom. The molecule has 2 fully saturated rings. The maximum atomic E-state index is 5.99. The Morgan fingerprint density at radius 3 is 3.05 bits per heavy atom. The van der Waals surface area contributed by atoms with Gasteiger partial charge in [0.25, 0.3) is 0 Å². The maximum absolute atomic E-state index is 5.99. The van der Waals surface area contributed by atoms with Crippen molar-refractivity contribution >= 4 is 5.69 Å². The summed E-state index contributed by atoms with van der Waals surface area (Å²) >= 11 is 0. The van der Waals surface area contributed by atoms with Crippen molar-refractivity contribution in [2.75, 3.05) is 19.5 Å². The van der Waals surface area contributed by atoms with Gasteiger partial charge in [0.2, 0.25) is 0 Å². The van der Waals surface area contributed by atoms with Gasteiger partial charge in [-0.1, -0.05) is 12.1 Å². The van der Waals surface area contributed by atoms with E-state index in [1.54, 1.807) is 7.11 Å². The van der Waals surface area contributed by atoms with Crippen LogP contribution in [0.15, 0.2) is 30.6 Å². The van der Waals surface area contributed by atoms with Crippen LogP contribution in [0.4, 0.5) is 5.69 Å². The van der Waals surface area contributed by atoms with Gasteiger partial charge in [-0.3, -0.25) is 4.68 Å². The fourth-order valence-corrected chi connectivity index (χ4v) is 3.40. The summed E-state index contributed by atoms with van der Waals surface area (Å²) in [7, 11) is 1.65. The lowest BCUT2D eigenvalue weighted by Crippen LogP contribution is -2.29. The van der Waals surface area contributed by atoms with Crippen molar-refractivity contribution in [3.05, 3.63) is 30.6 Å². The van der Waals surface area contributed by atoms with Crippen LogP contribution in [0.25, 0.3) is 11.1 Å². The number of rotatable bonds is 3. The third kappa shape index (κ3) is 2.25. The fraction of sp³-hybridized carbons (Fsp3) is 0.471. The van der Waals surface area contributed by atoms with Crippen molar-refractivity contribution < 1.29 is 9.47 Å². The highest BCUT2D eigenvalue weighted by atomic mass is 16.5. The van der Waals surface area contributed by atoms with E-state index in [2.05, 4.69) is 16.0 Å². The van der Waals surface area contributed by atoms with Gasteiger partial charge in [0.1, 0.15) is 5.75 Å². The highest BCUT2D eigenvalue weighted by molar-refractivity contribution is 5.76. The highest BCUT2D eigenvalue weighted by Gasteiger charge is 2.48. The molecule has 1 aromatic heterocycles. The molecular weight excluding hydrogens is 278 g/mol. The first kappa shape index (κ1) is 13.6. The van der Waals surface area contributed by atoms with E-state index in [0.717, 1.165) is 30.6 Å². The van der Waals surface area contributed by atoms with Crippen LogP contribution >= 0.6 is 0 Å². The molecule has 4 rings (SSSR count). The van der Waals surface area contributed by atoms with Crippen molar-refractivity contribution in [3.8, 4) is 16.9 Å². The number of para-hydroxylation sites is 1. The maximum Gasteiger partial charge on any atom is 0.149 e. The quantitative estimate of drug-likeness (QED) is 0.885. The average Bonchev–Trinajstić information content (AvgIpc) is 3.10. The molecule has 22 heavy (non-hydrogen) atoms. The second-order valence-corrected chi connectivity index (χ2v) is 6.32. The van der Waals surface area contributed by atoms with E-state index in [0.29, 0.717) is 17.5 Å². The van der Waals surface area contributed by atoms with E-state index in [1.165, 1.54) is 12.8 Å². The number of ether oxygens (including phenoxy) is 2. The van der Waals surface area contributed by atoms with Crippen LogP contribution in [0, 0.1) is 0 Å². The first-order chi connectivity index (χ1) is 10.7. The molecule has 0 radical (unpaired) electrons. The van der Waals surface area contributed by atoms with Gasteiger partial charge in [-0.05, 0) is 31.7 Å². The van der Waals surface area contributed by atoms with E-state index in [-0.39, 0.29) is 5.60 Å². The van der Waals surface area contributed by atoms with Gasteiger partial charge in [-0.25, -0.2) is 0 Å². The number of methoxy groups -OCH3 is 1. The van der Waals surface area contributed by atoms with Crippen molar-refractivity contribution in [1.29, 1.82) is 0 Å². The van der Waals surface area contributed by atoms with Gasteiger partial charge in [0.05, 0.1) is 30.6 Å². The van der Waals surface area contributed by atoms with Crippen molar-refractivity contribution in [1.82, 2.24) is 9.78 Å². The molecule has 0 amide bonds.